The summed E-state index contributed by atoms with van der Waals surface area (Å²) in [4.78, 5) is 0. The Balaban J connectivity index is 3.06. The molecule has 0 heterocycles. The lowest BCUT2D eigenvalue weighted by Gasteiger charge is -1.95. The van der Waals surface area contributed by atoms with Crippen LogP contribution in [0.15, 0.2) is 24.3 Å². The first-order valence-corrected chi connectivity index (χ1v) is 5.52. The van der Waals surface area contributed by atoms with Crippen molar-refractivity contribution in [2.45, 2.75) is 51.9 Å². The van der Waals surface area contributed by atoms with Crippen molar-refractivity contribution < 1.29 is 0 Å². The molecule has 0 N–H and O–H groups in total. The number of allylic oxidation sites excluding steroid dienone is 4. The summed E-state index contributed by atoms with van der Waals surface area (Å²) < 4.78 is 0. The average Bonchev–Trinajstić information content (AvgIpc) is 2.16. The smallest absolute Gasteiger partial charge is 0.0347 e. The number of hydrogen-bond acceptors (Lipinski definition) is 0. The zero-order valence-electron chi connectivity index (χ0n) is 8.97. The lowest BCUT2D eigenvalue weighted by molar-refractivity contribution is 0.637. The minimum atomic E-state index is 0.890. The lowest BCUT2D eigenvalue weighted by Crippen LogP contribution is -1.75. The van der Waals surface area contributed by atoms with E-state index in [9.17, 15) is 0 Å². The van der Waals surface area contributed by atoms with Crippen LogP contribution in [0.5, 0.6) is 0 Å². The summed E-state index contributed by atoms with van der Waals surface area (Å²) in [6, 6.07) is 0. The first-order valence-electron chi connectivity index (χ1n) is 5.52. The zero-order valence-corrected chi connectivity index (χ0v) is 8.97. The molecule has 1 radical (unpaired) electrons. The monoisotopic (exact) mass is 179 g/mol. The van der Waals surface area contributed by atoms with Crippen molar-refractivity contribution in [2.75, 3.05) is 0 Å². The highest BCUT2D eigenvalue weighted by Gasteiger charge is 1.85. The highest BCUT2D eigenvalue weighted by Crippen LogP contribution is 2.05. The first-order chi connectivity index (χ1) is 6.41. The summed E-state index contributed by atoms with van der Waals surface area (Å²) >= 11 is 0. The van der Waals surface area contributed by atoms with E-state index >= 15 is 0 Å². The molecule has 0 rings (SSSR count). The Hall–Kier alpha value is -0.520. The molecule has 0 saturated carbocycles. The van der Waals surface area contributed by atoms with Crippen molar-refractivity contribution in [1.82, 2.24) is 0 Å². The third kappa shape index (κ3) is 11.5. The van der Waals surface area contributed by atoms with Crippen LogP contribution in [-0.4, -0.2) is 0 Å². The summed E-state index contributed by atoms with van der Waals surface area (Å²) in [7, 11) is 0. The Morgan fingerprint density at radius 1 is 0.923 bits per heavy atom. The summed E-state index contributed by atoms with van der Waals surface area (Å²) in [5, 5.41) is 0. The SMILES string of the molecule is [CH2]CC=CC=CCCCCCCC. The molecule has 75 valence electrons. The molecule has 0 unspecified atom stereocenters. The standard InChI is InChI=1S/C13H23/c1-3-5-7-9-11-13-12-10-8-6-4-2/h5,7,9,11H,1,3-4,6,8,10,12-13H2,2H3. The second-order valence-corrected chi connectivity index (χ2v) is 3.35. The average molecular weight is 179 g/mol. The quantitative estimate of drug-likeness (QED) is 0.375. The molecule has 0 saturated heterocycles. The van der Waals surface area contributed by atoms with E-state index in [4.69, 9.17) is 0 Å². The largest absolute Gasteiger partial charge is 0.0845 e. The van der Waals surface area contributed by atoms with Crippen LogP contribution in [0.4, 0.5) is 0 Å². The number of hydrogen-bond donors (Lipinski definition) is 0. The Morgan fingerprint density at radius 2 is 1.62 bits per heavy atom. The second kappa shape index (κ2) is 11.5. The molecule has 0 bridgehead atoms. The normalized spacial score (nSPS) is 11.8. The molecule has 0 nitrogen and oxygen atoms in total. The van der Waals surface area contributed by atoms with Crippen LogP contribution in [0.3, 0.4) is 0 Å². The van der Waals surface area contributed by atoms with Crippen molar-refractivity contribution >= 4 is 0 Å². The maximum Gasteiger partial charge on any atom is -0.0347 e. The minimum absolute atomic E-state index is 0.890. The summed E-state index contributed by atoms with van der Waals surface area (Å²) in [5.41, 5.74) is 0. The molecule has 0 aromatic carbocycles. The van der Waals surface area contributed by atoms with Gasteiger partial charge in [-0.1, -0.05) is 56.9 Å². The fraction of sp³-hybridized carbons (Fsp3) is 0.615. The Morgan fingerprint density at radius 3 is 2.31 bits per heavy atom. The second-order valence-electron chi connectivity index (χ2n) is 3.35. The van der Waals surface area contributed by atoms with E-state index in [-0.39, 0.29) is 0 Å². The lowest BCUT2D eigenvalue weighted by atomic mass is 10.1. The van der Waals surface area contributed by atoms with Gasteiger partial charge < -0.3 is 0 Å². The first kappa shape index (κ1) is 12.5. The van der Waals surface area contributed by atoms with Gasteiger partial charge in [-0.25, -0.2) is 0 Å². The molecular formula is C13H23. The van der Waals surface area contributed by atoms with Crippen LogP contribution in [0.2, 0.25) is 0 Å². The predicted octanol–water partition coefficient (Wildman–Crippen LogP) is 4.68. The van der Waals surface area contributed by atoms with Crippen molar-refractivity contribution in [3.05, 3.63) is 31.2 Å². The number of unbranched alkanes of at least 4 members (excludes halogenated alkanes) is 5. The van der Waals surface area contributed by atoms with E-state index in [0.29, 0.717) is 0 Å². The van der Waals surface area contributed by atoms with E-state index in [1.807, 2.05) is 0 Å². The summed E-state index contributed by atoms with van der Waals surface area (Å²) in [6.45, 7) is 5.99. The molecule has 0 atom stereocenters. The molecule has 0 aromatic heterocycles. The van der Waals surface area contributed by atoms with Gasteiger partial charge in [-0.15, -0.1) is 0 Å². The third-order valence-electron chi connectivity index (χ3n) is 2.02. The molecule has 13 heavy (non-hydrogen) atoms. The Kier molecular flexibility index (Phi) is 11.0. The maximum atomic E-state index is 3.73. The molecule has 0 aromatic rings. The van der Waals surface area contributed by atoms with Gasteiger partial charge in [-0.2, -0.15) is 0 Å². The molecule has 0 amide bonds. The Labute approximate surface area is 83.7 Å². The predicted molar refractivity (Wildman–Crippen MR) is 61.6 cm³/mol. The molecular weight excluding hydrogens is 156 g/mol. The summed E-state index contributed by atoms with van der Waals surface area (Å²) in [6.07, 6.45) is 17.5. The van der Waals surface area contributed by atoms with Crippen molar-refractivity contribution in [1.29, 1.82) is 0 Å². The van der Waals surface area contributed by atoms with Crippen LogP contribution in [0.25, 0.3) is 0 Å². The summed E-state index contributed by atoms with van der Waals surface area (Å²) in [5.74, 6) is 0. The van der Waals surface area contributed by atoms with Crippen molar-refractivity contribution in [3.8, 4) is 0 Å². The topological polar surface area (TPSA) is 0 Å². The van der Waals surface area contributed by atoms with Crippen LogP contribution in [0.1, 0.15) is 51.9 Å². The fourth-order valence-corrected chi connectivity index (χ4v) is 1.22. The molecule has 0 spiro atoms. The van der Waals surface area contributed by atoms with Crippen LogP contribution >= 0.6 is 0 Å². The van der Waals surface area contributed by atoms with E-state index in [0.717, 1.165) is 6.42 Å². The van der Waals surface area contributed by atoms with Gasteiger partial charge in [0.2, 0.25) is 0 Å². The highest BCUT2D eigenvalue weighted by molar-refractivity contribution is 5.02. The van der Waals surface area contributed by atoms with Gasteiger partial charge in [0.15, 0.2) is 0 Å². The van der Waals surface area contributed by atoms with Gasteiger partial charge >= 0.3 is 0 Å². The highest BCUT2D eigenvalue weighted by atomic mass is 13.9. The fourth-order valence-electron chi connectivity index (χ4n) is 1.22. The van der Waals surface area contributed by atoms with Gasteiger partial charge in [0.25, 0.3) is 0 Å². The molecule has 0 aliphatic rings. The van der Waals surface area contributed by atoms with Crippen molar-refractivity contribution in [2.24, 2.45) is 0 Å². The van der Waals surface area contributed by atoms with Crippen molar-refractivity contribution in [3.63, 3.8) is 0 Å². The van der Waals surface area contributed by atoms with E-state index in [1.165, 1.54) is 38.5 Å². The Bertz CT molecular complexity index is 131. The molecule has 0 aliphatic heterocycles. The van der Waals surface area contributed by atoms with Gasteiger partial charge in [-0.3, -0.25) is 0 Å². The van der Waals surface area contributed by atoms with E-state index < -0.39 is 0 Å². The van der Waals surface area contributed by atoms with E-state index in [2.05, 4.69) is 38.2 Å². The van der Waals surface area contributed by atoms with Gasteiger partial charge in [0.1, 0.15) is 0 Å². The van der Waals surface area contributed by atoms with Gasteiger partial charge in [-0.05, 0) is 26.2 Å². The van der Waals surface area contributed by atoms with Crippen LogP contribution in [-0.2, 0) is 0 Å². The van der Waals surface area contributed by atoms with Crippen LogP contribution < -0.4 is 0 Å². The molecule has 0 heteroatoms. The number of rotatable bonds is 8. The maximum absolute atomic E-state index is 3.73. The van der Waals surface area contributed by atoms with E-state index in [1.54, 1.807) is 0 Å². The minimum Gasteiger partial charge on any atom is -0.0845 e. The molecule has 0 aliphatic carbocycles. The zero-order chi connectivity index (χ0) is 9.78. The van der Waals surface area contributed by atoms with Crippen LogP contribution in [0, 0.1) is 6.92 Å². The van der Waals surface area contributed by atoms with Gasteiger partial charge in [0.05, 0.1) is 0 Å². The molecule has 0 fully saturated rings. The van der Waals surface area contributed by atoms with Gasteiger partial charge in [0, 0.05) is 0 Å². The third-order valence-corrected chi connectivity index (χ3v) is 2.02.